The summed E-state index contributed by atoms with van der Waals surface area (Å²) >= 11 is 0. The second-order valence-corrected chi connectivity index (χ2v) is 8.76. The lowest BCUT2D eigenvalue weighted by molar-refractivity contribution is 0.0756. The Bertz CT molecular complexity index is 754. The lowest BCUT2D eigenvalue weighted by atomic mass is 9.99. The van der Waals surface area contributed by atoms with Gasteiger partial charge in [-0.25, -0.2) is 22.2 Å². The van der Waals surface area contributed by atoms with E-state index >= 15 is 0 Å². The van der Waals surface area contributed by atoms with E-state index in [1.165, 1.54) is 6.26 Å². The highest BCUT2D eigenvalue weighted by atomic mass is 127. The first kappa shape index (κ1) is 24.0. The van der Waals surface area contributed by atoms with Gasteiger partial charge in [0.25, 0.3) is 0 Å². The third-order valence-corrected chi connectivity index (χ3v) is 6.65. The summed E-state index contributed by atoms with van der Waals surface area (Å²) in [6, 6.07) is 3.20. The molecule has 1 aromatic carbocycles. The summed E-state index contributed by atoms with van der Waals surface area (Å²) in [4.78, 5) is 4.24. The maximum atomic E-state index is 13.7. The van der Waals surface area contributed by atoms with Gasteiger partial charge in [0, 0.05) is 38.1 Å². The van der Waals surface area contributed by atoms with Crippen LogP contribution in [0.25, 0.3) is 0 Å². The molecular weight excluding hydrogens is 491 g/mol. The van der Waals surface area contributed by atoms with Crippen molar-refractivity contribution in [1.29, 1.82) is 0 Å². The molecule has 0 amide bonds. The van der Waals surface area contributed by atoms with E-state index in [0.29, 0.717) is 38.6 Å². The minimum atomic E-state index is -3.31. The summed E-state index contributed by atoms with van der Waals surface area (Å²) < 4.78 is 55.9. The molecule has 154 valence electrons. The predicted octanol–water partition coefficient (Wildman–Crippen LogP) is 2.23. The molecule has 2 rings (SSSR count). The molecule has 1 aromatic rings. The van der Waals surface area contributed by atoms with Crippen LogP contribution in [-0.4, -0.2) is 51.7 Å². The van der Waals surface area contributed by atoms with Crippen LogP contribution in [0.5, 0.6) is 0 Å². The molecule has 2 N–H and O–H groups in total. The van der Waals surface area contributed by atoms with E-state index in [9.17, 15) is 17.2 Å². The van der Waals surface area contributed by atoms with Gasteiger partial charge in [-0.3, -0.25) is 0 Å². The second-order valence-electron chi connectivity index (χ2n) is 6.35. The van der Waals surface area contributed by atoms with Crippen molar-refractivity contribution >= 4 is 39.8 Å². The molecule has 27 heavy (non-hydrogen) atoms. The van der Waals surface area contributed by atoms with Crippen molar-refractivity contribution in [2.45, 2.75) is 31.1 Å². The SMILES string of the molecule is CCNC(=NCc1cc(F)ccc1F)NCC1(S(C)(=O)=O)CCOCC1.I. The zero-order chi connectivity index (χ0) is 19.2. The van der Waals surface area contributed by atoms with Gasteiger partial charge >= 0.3 is 0 Å². The lowest BCUT2D eigenvalue weighted by Crippen LogP contribution is -2.53. The van der Waals surface area contributed by atoms with Gasteiger partial charge in [0.2, 0.25) is 0 Å². The van der Waals surface area contributed by atoms with Gasteiger partial charge in [-0.05, 0) is 38.0 Å². The van der Waals surface area contributed by atoms with Gasteiger partial charge in [-0.1, -0.05) is 0 Å². The fourth-order valence-electron chi connectivity index (χ4n) is 2.84. The molecule has 0 aromatic heterocycles. The molecule has 0 spiro atoms. The molecule has 0 unspecified atom stereocenters. The summed E-state index contributed by atoms with van der Waals surface area (Å²) in [7, 11) is -3.31. The number of benzene rings is 1. The highest BCUT2D eigenvalue weighted by Crippen LogP contribution is 2.28. The van der Waals surface area contributed by atoms with E-state index in [4.69, 9.17) is 4.74 Å². The van der Waals surface area contributed by atoms with Crippen LogP contribution in [0.15, 0.2) is 23.2 Å². The van der Waals surface area contributed by atoms with E-state index in [0.717, 1.165) is 18.2 Å². The molecule has 0 aliphatic carbocycles. The number of ether oxygens (including phenoxy) is 1. The second kappa shape index (κ2) is 10.5. The van der Waals surface area contributed by atoms with Crippen LogP contribution in [0.2, 0.25) is 0 Å². The Hall–Kier alpha value is -1.01. The van der Waals surface area contributed by atoms with Crippen LogP contribution in [0.4, 0.5) is 8.78 Å². The molecule has 1 aliphatic rings. The van der Waals surface area contributed by atoms with Gasteiger partial charge in [0.1, 0.15) is 11.6 Å². The molecule has 1 heterocycles. The largest absolute Gasteiger partial charge is 0.381 e. The molecule has 1 aliphatic heterocycles. The van der Waals surface area contributed by atoms with Crippen molar-refractivity contribution in [1.82, 2.24) is 10.6 Å². The number of rotatable bonds is 6. The number of sulfone groups is 1. The fraction of sp³-hybridized carbons (Fsp3) is 0.588. The summed E-state index contributed by atoms with van der Waals surface area (Å²) in [6.07, 6.45) is 2.03. The van der Waals surface area contributed by atoms with Crippen molar-refractivity contribution in [3.63, 3.8) is 0 Å². The minimum absolute atomic E-state index is 0. The van der Waals surface area contributed by atoms with Gasteiger partial charge < -0.3 is 15.4 Å². The Balaban J connectivity index is 0.00000364. The highest BCUT2D eigenvalue weighted by molar-refractivity contribution is 14.0. The third-order valence-electron chi connectivity index (χ3n) is 4.53. The number of hydrogen-bond donors (Lipinski definition) is 2. The van der Waals surface area contributed by atoms with Gasteiger partial charge in [-0.2, -0.15) is 0 Å². The summed E-state index contributed by atoms with van der Waals surface area (Å²) in [5.41, 5.74) is 0.131. The number of guanidine groups is 1. The highest BCUT2D eigenvalue weighted by Gasteiger charge is 2.42. The molecule has 1 saturated heterocycles. The predicted molar refractivity (Wildman–Crippen MR) is 112 cm³/mol. The Morgan fingerprint density at radius 3 is 2.52 bits per heavy atom. The Morgan fingerprint density at radius 2 is 1.93 bits per heavy atom. The number of hydrogen-bond acceptors (Lipinski definition) is 4. The van der Waals surface area contributed by atoms with Crippen molar-refractivity contribution in [3.8, 4) is 0 Å². The molecule has 0 saturated carbocycles. The van der Waals surface area contributed by atoms with Crippen molar-refractivity contribution in [2.24, 2.45) is 4.99 Å². The van der Waals surface area contributed by atoms with Crippen LogP contribution in [0.3, 0.4) is 0 Å². The normalized spacial score (nSPS) is 17.1. The third kappa shape index (κ3) is 6.53. The standard InChI is InChI=1S/C17H25F2N3O3S.HI/c1-3-20-16(21-11-13-10-14(18)4-5-15(13)19)22-12-17(26(2,23)24)6-8-25-9-7-17;/h4-5,10H,3,6-9,11-12H2,1-2H3,(H2,20,21,22);1H. The minimum Gasteiger partial charge on any atom is -0.381 e. The molecule has 0 radical (unpaired) electrons. The smallest absolute Gasteiger partial charge is 0.191 e. The Kier molecular flexibility index (Phi) is 9.35. The summed E-state index contributed by atoms with van der Waals surface area (Å²) in [6.45, 7) is 3.29. The molecular formula is C17H26F2IN3O3S. The zero-order valence-corrected chi connectivity index (χ0v) is 18.6. The topological polar surface area (TPSA) is 79.8 Å². The van der Waals surface area contributed by atoms with Gasteiger partial charge in [-0.15, -0.1) is 24.0 Å². The van der Waals surface area contributed by atoms with Gasteiger partial charge in [0.05, 0.1) is 11.3 Å². The molecule has 0 atom stereocenters. The molecule has 10 heteroatoms. The maximum absolute atomic E-state index is 13.7. The Morgan fingerprint density at radius 1 is 1.26 bits per heavy atom. The Labute approximate surface area is 176 Å². The molecule has 0 bridgehead atoms. The van der Waals surface area contributed by atoms with Crippen LogP contribution >= 0.6 is 24.0 Å². The number of aliphatic imine (C=N–C) groups is 1. The van der Waals surface area contributed by atoms with Crippen molar-refractivity contribution in [2.75, 3.05) is 32.6 Å². The average Bonchev–Trinajstić information content (AvgIpc) is 2.60. The first-order chi connectivity index (χ1) is 12.3. The quantitative estimate of drug-likeness (QED) is 0.344. The van der Waals surface area contributed by atoms with E-state index in [1.807, 2.05) is 6.92 Å². The molecule has 1 fully saturated rings. The van der Waals surface area contributed by atoms with Gasteiger partial charge in [0.15, 0.2) is 15.8 Å². The van der Waals surface area contributed by atoms with E-state index in [1.54, 1.807) is 0 Å². The van der Waals surface area contributed by atoms with E-state index in [2.05, 4.69) is 15.6 Å². The molecule has 6 nitrogen and oxygen atoms in total. The lowest BCUT2D eigenvalue weighted by Gasteiger charge is -2.35. The first-order valence-corrected chi connectivity index (χ1v) is 10.4. The first-order valence-electron chi connectivity index (χ1n) is 8.51. The van der Waals surface area contributed by atoms with Crippen LogP contribution in [0.1, 0.15) is 25.3 Å². The fourth-order valence-corrected chi connectivity index (χ4v) is 4.08. The van der Waals surface area contributed by atoms with E-state index < -0.39 is 26.2 Å². The van der Waals surface area contributed by atoms with E-state index in [-0.39, 0.29) is 42.6 Å². The number of halogens is 3. The average molecular weight is 517 g/mol. The van der Waals surface area contributed by atoms with Crippen LogP contribution in [-0.2, 0) is 21.1 Å². The van der Waals surface area contributed by atoms with Crippen molar-refractivity contribution < 1.29 is 21.9 Å². The zero-order valence-electron chi connectivity index (χ0n) is 15.4. The van der Waals surface area contributed by atoms with Crippen LogP contribution < -0.4 is 10.6 Å². The van der Waals surface area contributed by atoms with Crippen LogP contribution in [0, 0.1) is 11.6 Å². The number of nitrogens with zero attached hydrogens (tertiary/aromatic N) is 1. The van der Waals surface area contributed by atoms with Crippen molar-refractivity contribution in [3.05, 3.63) is 35.4 Å². The monoisotopic (exact) mass is 517 g/mol. The summed E-state index contributed by atoms with van der Waals surface area (Å²) in [5, 5.41) is 6.02. The number of nitrogens with one attached hydrogen (secondary N) is 2. The summed E-state index contributed by atoms with van der Waals surface area (Å²) in [5.74, 6) is -0.721. The maximum Gasteiger partial charge on any atom is 0.191 e.